The molecule has 1 fully saturated rings. The average Bonchev–Trinajstić information content (AvgIpc) is 2.55. The fraction of sp³-hybridized carbons (Fsp3) is 0.500. The molecule has 0 bridgehead atoms. The summed E-state index contributed by atoms with van der Waals surface area (Å²) >= 11 is 0. The van der Waals surface area contributed by atoms with Crippen molar-refractivity contribution < 1.29 is 19.1 Å². The Bertz CT molecular complexity index is 525. The molecule has 6 heteroatoms. The number of ether oxygens (including phenoxy) is 2. The molecule has 2 rings (SSSR count). The highest BCUT2D eigenvalue weighted by atomic mass is 16.5. The van der Waals surface area contributed by atoms with Crippen LogP contribution in [0.4, 0.5) is 4.79 Å². The molecule has 0 saturated carbocycles. The van der Waals surface area contributed by atoms with Gasteiger partial charge in [-0.1, -0.05) is 18.2 Å². The van der Waals surface area contributed by atoms with Gasteiger partial charge < -0.3 is 19.7 Å². The Morgan fingerprint density at radius 3 is 2.55 bits per heavy atom. The van der Waals surface area contributed by atoms with Crippen molar-refractivity contribution >= 4 is 12.0 Å². The number of nitrogens with zero attached hydrogens (tertiary/aromatic N) is 1. The Labute approximate surface area is 130 Å². The SMILES string of the molecule is COC(=O)NC1CCN(C(=O)Cc2ccccc2OC)CC1. The second kappa shape index (κ2) is 7.68. The van der Waals surface area contributed by atoms with E-state index >= 15 is 0 Å². The maximum Gasteiger partial charge on any atom is 0.407 e. The lowest BCUT2D eigenvalue weighted by molar-refractivity contribution is -0.131. The van der Waals surface area contributed by atoms with Crippen LogP contribution < -0.4 is 10.1 Å². The summed E-state index contributed by atoms with van der Waals surface area (Å²) in [6.07, 6.45) is 1.40. The molecule has 0 aromatic heterocycles. The first-order valence-electron chi connectivity index (χ1n) is 7.38. The zero-order valence-electron chi connectivity index (χ0n) is 13.0. The van der Waals surface area contributed by atoms with Crippen LogP contribution in [0.1, 0.15) is 18.4 Å². The minimum atomic E-state index is -0.418. The van der Waals surface area contributed by atoms with E-state index in [0.29, 0.717) is 19.5 Å². The van der Waals surface area contributed by atoms with Crippen LogP contribution in [0.25, 0.3) is 0 Å². The Hall–Kier alpha value is -2.24. The topological polar surface area (TPSA) is 67.9 Å². The zero-order chi connectivity index (χ0) is 15.9. The van der Waals surface area contributed by atoms with E-state index in [0.717, 1.165) is 24.2 Å². The number of likely N-dealkylation sites (tertiary alicyclic amines) is 1. The summed E-state index contributed by atoms with van der Waals surface area (Å²) in [7, 11) is 2.95. The van der Waals surface area contributed by atoms with Crippen LogP contribution in [-0.4, -0.2) is 50.3 Å². The number of carbonyl (C=O) groups excluding carboxylic acids is 2. The molecule has 120 valence electrons. The van der Waals surface area contributed by atoms with Gasteiger partial charge in [0.2, 0.25) is 5.91 Å². The van der Waals surface area contributed by atoms with Gasteiger partial charge in [0.25, 0.3) is 0 Å². The van der Waals surface area contributed by atoms with Crippen molar-refractivity contribution in [2.24, 2.45) is 0 Å². The van der Waals surface area contributed by atoms with E-state index in [1.165, 1.54) is 7.11 Å². The van der Waals surface area contributed by atoms with Gasteiger partial charge in [-0.2, -0.15) is 0 Å². The fourth-order valence-corrected chi connectivity index (χ4v) is 2.62. The number of para-hydroxylation sites is 1. The number of benzene rings is 1. The molecule has 1 aliphatic heterocycles. The molecule has 0 radical (unpaired) electrons. The summed E-state index contributed by atoms with van der Waals surface area (Å²) in [6, 6.07) is 7.62. The molecule has 1 aliphatic rings. The molecular weight excluding hydrogens is 284 g/mol. The molecule has 2 amide bonds. The van der Waals surface area contributed by atoms with Gasteiger partial charge in [-0.25, -0.2) is 4.79 Å². The maximum atomic E-state index is 12.4. The predicted molar refractivity (Wildman–Crippen MR) is 81.8 cm³/mol. The minimum absolute atomic E-state index is 0.0720. The van der Waals surface area contributed by atoms with Crippen LogP contribution in [0.3, 0.4) is 0 Å². The molecule has 0 atom stereocenters. The molecule has 1 aromatic rings. The number of rotatable bonds is 4. The lowest BCUT2D eigenvalue weighted by atomic mass is 10.0. The van der Waals surface area contributed by atoms with Crippen LogP contribution in [0.2, 0.25) is 0 Å². The van der Waals surface area contributed by atoms with E-state index in [1.807, 2.05) is 29.2 Å². The van der Waals surface area contributed by atoms with Gasteiger partial charge in [0, 0.05) is 24.7 Å². The van der Waals surface area contributed by atoms with Crippen LogP contribution >= 0.6 is 0 Å². The van der Waals surface area contributed by atoms with Gasteiger partial charge in [0.1, 0.15) is 5.75 Å². The highest BCUT2D eigenvalue weighted by Crippen LogP contribution is 2.19. The average molecular weight is 306 g/mol. The summed E-state index contributed by atoms with van der Waals surface area (Å²) in [5, 5.41) is 2.78. The van der Waals surface area contributed by atoms with Gasteiger partial charge in [0.05, 0.1) is 20.6 Å². The molecule has 0 spiro atoms. The number of hydrogen-bond donors (Lipinski definition) is 1. The minimum Gasteiger partial charge on any atom is -0.496 e. The highest BCUT2D eigenvalue weighted by molar-refractivity contribution is 5.79. The van der Waals surface area contributed by atoms with Crippen LogP contribution in [0.5, 0.6) is 5.75 Å². The molecular formula is C16H22N2O4. The quantitative estimate of drug-likeness (QED) is 0.917. The normalized spacial score (nSPS) is 15.3. The number of amides is 2. The van der Waals surface area contributed by atoms with E-state index in [2.05, 4.69) is 10.1 Å². The number of nitrogens with one attached hydrogen (secondary N) is 1. The van der Waals surface area contributed by atoms with E-state index in [4.69, 9.17) is 4.74 Å². The third-order valence-electron chi connectivity index (χ3n) is 3.89. The molecule has 1 aromatic carbocycles. The first kappa shape index (κ1) is 16.1. The summed E-state index contributed by atoms with van der Waals surface area (Å²) in [5.41, 5.74) is 0.893. The second-order valence-electron chi connectivity index (χ2n) is 5.28. The van der Waals surface area contributed by atoms with E-state index in [-0.39, 0.29) is 11.9 Å². The van der Waals surface area contributed by atoms with E-state index in [1.54, 1.807) is 7.11 Å². The molecule has 22 heavy (non-hydrogen) atoms. The van der Waals surface area contributed by atoms with Crippen molar-refractivity contribution in [2.45, 2.75) is 25.3 Å². The smallest absolute Gasteiger partial charge is 0.407 e. The molecule has 1 saturated heterocycles. The van der Waals surface area contributed by atoms with Crippen molar-refractivity contribution in [3.8, 4) is 5.75 Å². The Morgan fingerprint density at radius 2 is 1.91 bits per heavy atom. The maximum absolute atomic E-state index is 12.4. The fourth-order valence-electron chi connectivity index (χ4n) is 2.62. The van der Waals surface area contributed by atoms with Gasteiger partial charge >= 0.3 is 6.09 Å². The lowest BCUT2D eigenvalue weighted by Gasteiger charge is -2.32. The summed E-state index contributed by atoms with van der Waals surface area (Å²) in [4.78, 5) is 25.4. The Morgan fingerprint density at radius 1 is 1.23 bits per heavy atom. The zero-order valence-corrected chi connectivity index (χ0v) is 13.0. The summed E-state index contributed by atoms with van der Waals surface area (Å²) in [5.74, 6) is 0.819. The monoisotopic (exact) mass is 306 g/mol. The lowest BCUT2D eigenvalue weighted by Crippen LogP contribution is -2.46. The van der Waals surface area contributed by atoms with Gasteiger partial charge in [-0.05, 0) is 18.9 Å². The number of carbonyl (C=O) groups is 2. The molecule has 1 N–H and O–H groups in total. The molecule has 1 heterocycles. The standard InChI is InChI=1S/C16H22N2O4/c1-21-14-6-4-3-5-12(14)11-15(19)18-9-7-13(8-10-18)17-16(20)22-2/h3-6,13H,7-11H2,1-2H3,(H,17,20). The van der Waals surface area contributed by atoms with Gasteiger partial charge in [-0.15, -0.1) is 0 Å². The third kappa shape index (κ3) is 4.13. The van der Waals surface area contributed by atoms with Gasteiger partial charge in [0.15, 0.2) is 0 Å². The van der Waals surface area contributed by atoms with Gasteiger partial charge in [-0.3, -0.25) is 4.79 Å². The Balaban J connectivity index is 1.86. The van der Waals surface area contributed by atoms with Crippen LogP contribution in [0.15, 0.2) is 24.3 Å². The van der Waals surface area contributed by atoms with E-state index in [9.17, 15) is 9.59 Å². The molecule has 0 aliphatic carbocycles. The van der Waals surface area contributed by atoms with Crippen LogP contribution in [-0.2, 0) is 16.0 Å². The third-order valence-corrected chi connectivity index (χ3v) is 3.89. The van der Waals surface area contributed by atoms with Crippen molar-refractivity contribution in [3.05, 3.63) is 29.8 Å². The predicted octanol–water partition coefficient (Wildman–Crippen LogP) is 1.58. The first-order valence-corrected chi connectivity index (χ1v) is 7.38. The van der Waals surface area contributed by atoms with Crippen molar-refractivity contribution in [1.29, 1.82) is 0 Å². The second-order valence-corrected chi connectivity index (χ2v) is 5.28. The highest BCUT2D eigenvalue weighted by Gasteiger charge is 2.24. The van der Waals surface area contributed by atoms with Crippen molar-refractivity contribution in [1.82, 2.24) is 10.2 Å². The number of piperidine rings is 1. The molecule has 6 nitrogen and oxygen atoms in total. The van der Waals surface area contributed by atoms with Crippen LogP contribution in [0, 0.1) is 0 Å². The number of alkyl carbamates (subject to hydrolysis) is 1. The van der Waals surface area contributed by atoms with Crippen molar-refractivity contribution in [3.63, 3.8) is 0 Å². The number of hydrogen-bond acceptors (Lipinski definition) is 4. The summed E-state index contributed by atoms with van der Waals surface area (Å²) < 4.78 is 9.86. The molecule has 0 unspecified atom stereocenters. The number of methoxy groups -OCH3 is 2. The Kier molecular flexibility index (Phi) is 5.63. The first-order chi connectivity index (χ1) is 10.6. The van der Waals surface area contributed by atoms with Crippen molar-refractivity contribution in [2.75, 3.05) is 27.3 Å². The largest absolute Gasteiger partial charge is 0.496 e. The van der Waals surface area contributed by atoms with E-state index < -0.39 is 6.09 Å². The summed E-state index contributed by atoms with van der Waals surface area (Å²) in [6.45, 7) is 1.28.